The smallest absolute Gasteiger partial charge is 0.0788 e. The maximum Gasteiger partial charge on any atom is 0.0788 e. The Morgan fingerprint density at radius 2 is 1.55 bits per heavy atom. The molecule has 0 aliphatic rings. The zero-order valence-corrected chi connectivity index (χ0v) is 12.3. The normalized spacial score (nSPS) is 8.73. The molecule has 0 radical (unpaired) electrons. The predicted octanol–water partition coefficient (Wildman–Crippen LogP) is -0.778. The van der Waals surface area contributed by atoms with Crippen molar-refractivity contribution in [2.45, 2.75) is 6.42 Å². The molecule has 0 bridgehead atoms. The summed E-state index contributed by atoms with van der Waals surface area (Å²) in [5.74, 6) is 0. The molecule has 0 amide bonds. The van der Waals surface area contributed by atoms with Crippen molar-refractivity contribution in [1.82, 2.24) is 6.15 Å². The maximum absolute atomic E-state index is 3.39. The highest BCUT2D eigenvalue weighted by molar-refractivity contribution is 9.09. The minimum Gasteiger partial charge on any atom is -1.00 e. The molecule has 74 valence electrons. The van der Waals surface area contributed by atoms with E-state index >= 15 is 0 Å². The summed E-state index contributed by atoms with van der Waals surface area (Å²) >= 11 is 3.39. The first-order valence-corrected chi connectivity index (χ1v) is 4.05. The van der Waals surface area contributed by atoms with E-state index in [-0.39, 0.29) is 40.1 Å². The molecule has 0 fully saturated rings. The van der Waals surface area contributed by atoms with Gasteiger partial charge in [-0.1, -0.05) is 15.9 Å². The van der Waals surface area contributed by atoms with Crippen molar-refractivity contribution in [3.8, 4) is 0 Å². The molecule has 0 aromatic carbocycles. The van der Waals surface area contributed by atoms with Crippen molar-refractivity contribution in [2.75, 3.05) is 33.0 Å². The summed E-state index contributed by atoms with van der Waals surface area (Å²) in [5.41, 5.74) is 0. The highest BCUT2D eigenvalue weighted by atomic mass is 79.9. The van der Waals surface area contributed by atoms with Gasteiger partial charge in [0.25, 0.3) is 0 Å². The third kappa shape index (κ3) is 24.6. The molecule has 5 heteroatoms. The second kappa shape index (κ2) is 11.4. The Balaban J connectivity index is -0.0000000817. The molecule has 0 saturated carbocycles. The Morgan fingerprint density at radius 3 is 1.64 bits per heavy atom. The van der Waals surface area contributed by atoms with Crippen LogP contribution in [0.5, 0.6) is 0 Å². The number of halogens is 3. The van der Waals surface area contributed by atoms with Gasteiger partial charge in [-0.15, -0.1) is 17.0 Å². The summed E-state index contributed by atoms with van der Waals surface area (Å²) in [4.78, 5) is 0. The van der Waals surface area contributed by atoms with E-state index in [1.807, 2.05) is 0 Å². The lowest BCUT2D eigenvalue weighted by Gasteiger charge is -2.22. The van der Waals surface area contributed by atoms with Crippen LogP contribution in [-0.4, -0.2) is 37.5 Å². The average molecular weight is 359 g/mol. The molecule has 2 nitrogen and oxygen atoms in total. The standard InChI is InChI=1S/C6H15BrN.2BrH.H3N/c1-8(2,3)6-4-5-7;;;/h4-6H2,1-3H3;2*1H;1H3/q+1;;;/p-1. The van der Waals surface area contributed by atoms with Crippen LogP contribution in [0.25, 0.3) is 0 Å². The monoisotopic (exact) mass is 356 g/mol. The van der Waals surface area contributed by atoms with Crippen molar-refractivity contribution in [2.24, 2.45) is 0 Å². The molecule has 11 heavy (non-hydrogen) atoms. The Hall–Kier alpha value is 1.36. The molecule has 0 aliphatic heterocycles. The Kier molecular flexibility index (Phi) is 23.6. The molecule has 0 spiro atoms. The first kappa shape index (κ1) is 22.8. The van der Waals surface area contributed by atoms with Crippen LogP contribution in [-0.2, 0) is 0 Å². The topological polar surface area (TPSA) is 35.0 Å². The number of hydrogen-bond acceptors (Lipinski definition) is 1. The summed E-state index contributed by atoms with van der Waals surface area (Å²) in [5, 5.41) is 1.13. The first-order chi connectivity index (χ1) is 3.56. The first-order valence-electron chi connectivity index (χ1n) is 2.93. The molecule has 0 unspecified atom stereocenters. The molecule has 0 heterocycles. The van der Waals surface area contributed by atoms with Gasteiger partial charge in [0.15, 0.2) is 0 Å². The van der Waals surface area contributed by atoms with Gasteiger partial charge in [0, 0.05) is 11.8 Å². The van der Waals surface area contributed by atoms with Crippen molar-refractivity contribution < 1.29 is 21.5 Å². The quantitative estimate of drug-likeness (QED) is 0.521. The van der Waals surface area contributed by atoms with Crippen LogP contribution in [0.3, 0.4) is 0 Å². The fraction of sp³-hybridized carbons (Fsp3) is 1.00. The lowest BCUT2D eigenvalue weighted by Crippen LogP contribution is -3.00. The van der Waals surface area contributed by atoms with E-state index in [0.29, 0.717) is 0 Å². The van der Waals surface area contributed by atoms with Gasteiger partial charge in [-0.3, -0.25) is 0 Å². The van der Waals surface area contributed by atoms with Crippen LogP contribution in [0.1, 0.15) is 6.42 Å². The number of nitrogens with zero attached hydrogens (tertiary/aromatic N) is 1. The van der Waals surface area contributed by atoms with E-state index in [4.69, 9.17) is 0 Å². The van der Waals surface area contributed by atoms with Crippen LogP contribution in [0.4, 0.5) is 0 Å². The summed E-state index contributed by atoms with van der Waals surface area (Å²) < 4.78 is 1.08. The van der Waals surface area contributed by atoms with Gasteiger partial charge in [0.1, 0.15) is 0 Å². The summed E-state index contributed by atoms with van der Waals surface area (Å²) in [6.45, 7) is 1.26. The Morgan fingerprint density at radius 1 is 1.18 bits per heavy atom. The summed E-state index contributed by atoms with van der Waals surface area (Å²) in [7, 11) is 6.63. The Labute approximate surface area is 99.6 Å². The fourth-order valence-electron chi connectivity index (χ4n) is 0.534. The van der Waals surface area contributed by atoms with Crippen LogP contribution in [0.15, 0.2) is 0 Å². The van der Waals surface area contributed by atoms with Gasteiger partial charge in [-0.2, -0.15) is 0 Å². The van der Waals surface area contributed by atoms with Crippen LogP contribution >= 0.6 is 32.9 Å². The van der Waals surface area contributed by atoms with E-state index in [9.17, 15) is 0 Å². The molecule has 0 aromatic heterocycles. The average Bonchev–Trinajstić information content (AvgIpc) is 1.59. The third-order valence-corrected chi connectivity index (χ3v) is 1.52. The SMILES string of the molecule is Br.C[N+](C)(C)CCCBr.N.[Br-]. The fourth-order valence-corrected chi connectivity index (χ4v) is 0.785. The molecular formula is C6H19Br3N2. The van der Waals surface area contributed by atoms with Crippen molar-refractivity contribution in [3.05, 3.63) is 0 Å². The molecule has 0 atom stereocenters. The van der Waals surface area contributed by atoms with Gasteiger partial charge in [-0.05, 0) is 0 Å². The van der Waals surface area contributed by atoms with Gasteiger partial charge in [0.05, 0.1) is 27.7 Å². The van der Waals surface area contributed by atoms with Gasteiger partial charge < -0.3 is 27.6 Å². The lowest BCUT2D eigenvalue weighted by atomic mass is 10.4. The highest BCUT2D eigenvalue weighted by Gasteiger charge is 2.03. The lowest BCUT2D eigenvalue weighted by molar-refractivity contribution is -0.870. The molecule has 0 saturated heterocycles. The molecule has 0 aliphatic carbocycles. The second-order valence-electron chi connectivity index (χ2n) is 3.06. The van der Waals surface area contributed by atoms with E-state index < -0.39 is 0 Å². The van der Waals surface area contributed by atoms with Crippen LogP contribution in [0, 0.1) is 0 Å². The minimum absolute atomic E-state index is 0. The van der Waals surface area contributed by atoms with Crippen LogP contribution in [0.2, 0.25) is 0 Å². The summed E-state index contributed by atoms with van der Waals surface area (Å²) in [6.07, 6.45) is 1.27. The van der Waals surface area contributed by atoms with Gasteiger partial charge >= 0.3 is 0 Å². The predicted molar refractivity (Wildman–Crippen MR) is 56.7 cm³/mol. The third-order valence-electron chi connectivity index (χ3n) is 0.963. The van der Waals surface area contributed by atoms with E-state index in [0.717, 1.165) is 9.81 Å². The highest BCUT2D eigenvalue weighted by Crippen LogP contribution is 1.95. The number of hydrogen-bond donors (Lipinski definition) is 1. The number of rotatable bonds is 3. The summed E-state index contributed by atoms with van der Waals surface area (Å²) in [6, 6.07) is 0. The molecule has 3 N–H and O–H groups in total. The number of alkyl halides is 1. The van der Waals surface area contributed by atoms with E-state index in [2.05, 4.69) is 37.1 Å². The minimum atomic E-state index is 0. The number of quaternary nitrogens is 1. The van der Waals surface area contributed by atoms with Crippen LogP contribution < -0.4 is 23.1 Å². The van der Waals surface area contributed by atoms with E-state index in [1.165, 1.54) is 13.0 Å². The Bertz CT molecular complexity index is 63.3. The largest absolute Gasteiger partial charge is 1.00 e. The zero-order valence-electron chi connectivity index (χ0n) is 7.44. The van der Waals surface area contributed by atoms with Crippen molar-refractivity contribution >= 4 is 32.9 Å². The molecular weight excluding hydrogens is 340 g/mol. The second-order valence-corrected chi connectivity index (χ2v) is 3.85. The van der Waals surface area contributed by atoms with Gasteiger partial charge in [0.2, 0.25) is 0 Å². The van der Waals surface area contributed by atoms with Crippen molar-refractivity contribution in [1.29, 1.82) is 0 Å². The van der Waals surface area contributed by atoms with Gasteiger partial charge in [-0.25, -0.2) is 0 Å². The molecule has 0 rings (SSSR count). The molecule has 0 aromatic rings. The maximum atomic E-state index is 3.39. The van der Waals surface area contributed by atoms with Crippen molar-refractivity contribution in [3.63, 3.8) is 0 Å². The van der Waals surface area contributed by atoms with E-state index in [1.54, 1.807) is 0 Å². The zero-order chi connectivity index (χ0) is 6.62.